The first-order valence-corrected chi connectivity index (χ1v) is 4.66. The number of nitriles is 1. The minimum Gasteiger partial charge on any atom is -0.299 e. The summed E-state index contributed by atoms with van der Waals surface area (Å²) >= 11 is 0. The van der Waals surface area contributed by atoms with Gasteiger partial charge in [0.25, 0.3) is 5.69 Å². The number of carbonyl (C=O) groups is 1. The lowest BCUT2D eigenvalue weighted by Gasteiger charge is -2.07. The summed E-state index contributed by atoms with van der Waals surface area (Å²) in [5.74, 6) is -0.398. The van der Waals surface area contributed by atoms with E-state index in [0.717, 1.165) is 0 Å². The predicted octanol–water partition coefficient (Wildman–Crippen LogP) is 2.16. The van der Waals surface area contributed by atoms with Crippen molar-refractivity contribution in [3.63, 3.8) is 0 Å². The average Bonchev–Trinajstić information content (AvgIpc) is 2.26. The monoisotopic (exact) mass is 218 g/mol. The first-order chi connectivity index (χ1) is 7.47. The molecule has 0 aromatic heterocycles. The van der Waals surface area contributed by atoms with Gasteiger partial charge in [0.05, 0.1) is 4.92 Å². The zero-order chi connectivity index (χ0) is 12.3. The fourth-order valence-electron chi connectivity index (χ4n) is 1.31. The number of hydrogen-bond donors (Lipinski definition) is 0. The molecule has 0 radical (unpaired) electrons. The SMILES string of the molecule is CC(=O)C(C)c1ccc([N+](=O)[O-])c(C#N)c1. The van der Waals surface area contributed by atoms with Crippen LogP contribution in [0.5, 0.6) is 0 Å². The van der Waals surface area contributed by atoms with Crippen molar-refractivity contribution < 1.29 is 9.72 Å². The third-order valence-electron chi connectivity index (χ3n) is 2.45. The molecule has 0 heterocycles. The molecule has 0 N–H and O–H groups in total. The Hall–Kier alpha value is -2.22. The molecule has 1 aromatic carbocycles. The van der Waals surface area contributed by atoms with Gasteiger partial charge in [-0.3, -0.25) is 14.9 Å². The molecule has 0 aliphatic heterocycles. The van der Waals surface area contributed by atoms with Crippen molar-refractivity contribution in [1.82, 2.24) is 0 Å². The zero-order valence-electron chi connectivity index (χ0n) is 8.93. The Bertz CT molecular complexity index is 488. The highest BCUT2D eigenvalue weighted by molar-refractivity contribution is 5.83. The Morgan fingerprint density at radius 2 is 2.19 bits per heavy atom. The van der Waals surface area contributed by atoms with Gasteiger partial charge in [0, 0.05) is 12.0 Å². The molecule has 0 aliphatic rings. The maximum Gasteiger partial charge on any atom is 0.287 e. The van der Waals surface area contributed by atoms with Crippen LogP contribution in [0.3, 0.4) is 0 Å². The molecule has 0 amide bonds. The molecule has 1 rings (SSSR count). The highest BCUT2D eigenvalue weighted by atomic mass is 16.6. The Kier molecular flexibility index (Phi) is 3.36. The number of hydrogen-bond acceptors (Lipinski definition) is 4. The van der Waals surface area contributed by atoms with Crippen LogP contribution in [0, 0.1) is 21.4 Å². The molecule has 0 aliphatic carbocycles. The van der Waals surface area contributed by atoms with E-state index in [1.54, 1.807) is 13.0 Å². The van der Waals surface area contributed by atoms with Crippen molar-refractivity contribution in [2.45, 2.75) is 19.8 Å². The summed E-state index contributed by atoms with van der Waals surface area (Å²) in [6.07, 6.45) is 0. The van der Waals surface area contributed by atoms with Gasteiger partial charge in [-0.25, -0.2) is 0 Å². The standard InChI is InChI=1S/C11H10N2O3/c1-7(8(2)14)9-3-4-11(13(15)16)10(5-9)6-12/h3-5,7H,1-2H3. The van der Waals surface area contributed by atoms with Crippen LogP contribution in [-0.2, 0) is 4.79 Å². The number of nitrogens with zero attached hydrogens (tertiary/aromatic N) is 2. The van der Waals surface area contributed by atoms with Crippen molar-refractivity contribution in [2.24, 2.45) is 0 Å². The van der Waals surface area contributed by atoms with Crippen LogP contribution in [-0.4, -0.2) is 10.7 Å². The lowest BCUT2D eigenvalue weighted by Crippen LogP contribution is -2.05. The van der Waals surface area contributed by atoms with E-state index < -0.39 is 4.92 Å². The van der Waals surface area contributed by atoms with Crippen LogP contribution in [0.1, 0.15) is 30.9 Å². The molecule has 1 unspecified atom stereocenters. The van der Waals surface area contributed by atoms with E-state index >= 15 is 0 Å². The summed E-state index contributed by atoms with van der Waals surface area (Å²) in [5, 5.41) is 19.4. The van der Waals surface area contributed by atoms with E-state index in [1.807, 2.05) is 0 Å². The van der Waals surface area contributed by atoms with E-state index in [1.165, 1.54) is 25.1 Å². The molecule has 0 saturated heterocycles. The number of Topliss-reactive ketones (excluding diaryl/α,β-unsaturated/α-hetero) is 1. The molecular weight excluding hydrogens is 208 g/mol. The summed E-state index contributed by atoms with van der Waals surface area (Å²) < 4.78 is 0. The minimum absolute atomic E-state index is 0.0180. The summed E-state index contributed by atoms with van der Waals surface area (Å²) in [6, 6.07) is 5.91. The molecule has 5 nitrogen and oxygen atoms in total. The van der Waals surface area contributed by atoms with Crippen LogP contribution in [0.4, 0.5) is 5.69 Å². The van der Waals surface area contributed by atoms with Gasteiger partial charge in [-0.05, 0) is 18.6 Å². The second-order valence-electron chi connectivity index (χ2n) is 3.48. The van der Waals surface area contributed by atoms with Crippen molar-refractivity contribution in [3.8, 4) is 6.07 Å². The fourth-order valence-corrected chi connectivity index (χ4v) is 1.31. The van der Waals surface area contributed by atoms with Gasteiger partial charge < -0.3 is 0 Å². The Morgan fingerprint density at radius 3 is 2.62 bits per heavy atom. The van der Waals surface area contributed by atoms with Gasteiger partial charge in [-0.2, -0.15) is 5.26 Å². The van der Waals surface area contributed by atoms with Gasteiger partial charge in [0.2, 0.25) is 0 Å². The molecule has 1 aromatic rings. The summed E-state index contributed by atoms with van der Waals surface area (Å²) in [6.45, 7) is 3.14. The smallest absolute Gasteiger partial charge is 0.287 e. The number of carbonyl (C=O) groups excluding carboxylic acids is 1. The first-order valence-electron chi connectivity index (χ1n) is 4.66. The maximum absolute atomic E-state index is 11.1. The topological polar surface area (TPSA) is 84.0 Å². The van der Waals surface area contributed by atoms with Crippen LogP contribution in [0.25, 0.3) is 0 Å². The largest absolute Gasteiger partial charge is 0.299 e. The number of nitro benzene ring substituents is 1. The molecule has 5 heteroatoms. The normalized spacial score (nSPS) is 11.6. The minimum atomic E-state index is -0.610. The number of benzene rings is 1. The van der Waals surface area contributed by atoms with Crippen LogP contribution in [0.2, 0.25) is 0 Å². The third kappa shape index (κ3) is 2.23. The lowest BCUT2D eigenvalue weighted by molar-refractivity contribution is -0.385. The second kappa shape index (κ2) is 4.53. The number of rotatable bonds is 3. The van der Waals surface area contributed by atoms with Gasteiger partial charge >= 0.3 is 0 Å². The van der Waals surface area contributed by atoms with E-state index in [4.69, 9.17) is 5.26 Å². The molecule has 1 atom stereocenters. The van der Waals surface area contributed by atoms with Crippen molar-refractivity contribution in [2.75, 3.05) is 0 Å². The third-order valence-corrected chi connectivity index (χ3v) is 2.45. The van der Waals surface area contributed by atoms with E-state index in [0.29, 0.717) is 5.56 Å². The van der Waals surface area contributed by atoms with E-state index in [2.05, 4.69) is 0 Å². The molecule has 82 valence electrons. The maximum atomic E-state index is 11.1. The molecule has 0 bridgehead atoms. The lowest BCUT2D eigenvalue weighted by atomic mass is 9.95. The molecule has 0 saturated carbocycles. The zero-order valence-corrected chi connectivity index (χ0v) is 8.93. The van der Waals surface area contributed by atoms with E-state index in [-0.39, 0.29) is 23.0 Å². The van der Waals surface area contributed by atoms with Crippen molar-refractivity contribution >= 4 is 11.5 Å². The molecule has 0 fully saturated rings. The Morgan fingerprint density at radius 1 is 1.56 bits per heavy atom. The fraction of sp³-hybridized carbons (Fsp3) is 0.273. The predicted molar refractivity (Wildman–Crippen MR) is 56.9 cm³/mol. The first kappa shape index (κ1) is 11.9. The average molecular weight is 218 g/mol. The quantitative estimate of drug-likeness (QED) is 0.574. The molecule has 16 heavy (non-hydrogen) atoms. The van der Waals surface area contributed by atoms with Crippen LogP contribution >= 0.6 is 0 Å². The highest BCUT2D eigenvalue weighted by Gasteiger charge is 2.17. The van der Waals surface area contributed by atoms with Crippen molar-refractivity contribution in [3.05, 3.63) is 39.4 Å². The van der Waals surface area contributed by atoms with Crippen LogP contribution < -0.4 is 0 Å². The second-order valence-corrected chi connectivity index (χ2v) is 3.48. The summed E-state index contributed by atoms with van der Waals surface area (Å²) in [7, 11) is 0. The Balaban J connectivity index is 3.25. The van der Waals surface area contributed by atoms with Gasteiger partial charge in [0.1, 0.15) is 17.4 Å². The van der Waals surface area contributed by atoms with Gasteiger partial charge in [0.15, 0.2) is 0 Å². The number of ketones is 1. The molecule has 0 spiro atoms. The van der Waals surface area contributed by atoms with Crippen LogP contribution in [0.15, 0.2) is 18.2 Å². The number of nitro groups is 1. The highest BCUT2D eigenvalue weighted by Crippen LogP contribution is 2.24. The van der Waals surface area contributed by atoms with Crippen molar-refractivity contribution in [1.29, 1.82) is 5.26 Å². The van der Waals surface area contributed by atoms with E-state index in [9.17, 15) is 14.9 Å². The summed E-state index contributed by atoms with van der Waals surface area (Å²) in [5.41, 5.74) is 0.368. The summed E-state index contributed by atoms with van der Waals surface area (Å²) in [4.78, 5) is 21.1. The van der Waals surface area contributed by atoms with Gasteiger partial charge in [-0.15, -0.1) is 0 Å². The molecular formula is C11H10N2O3. The van der Waals surface area contributed by atoms with Gasteiger partial charge in [-0.1, -0.05) is 13.0 Å². The Labute approximate surface area is 92.5 Å².